The summed E-state index contributed by atoms with van der Waals surface area (Å²) in [5, 5.41) is 3.07. The van der Waals surface area contributed by atoms with Crippen LogP contribution in [0, 0.1) is 6.92 Å². The van der Waals surface area contributed by atoms with E-state index >= 15 is 0 Å². The molecule has 1 aliphatic heterocycles. The zero-order chi connectivity index (χ0) is 18.7. The summed E-state index contributed by atoms with van der Waals surface area (Å²) in [7, 11) is 1.62. The summed E-state index contributed by atoms with van der Waals surface area (Å²) in [5.74, 6) is 2.04. The van der Waals surface area contributed by atoms with Crippen LogP contribution >= 0.6 is 0 Å². The van der Waals surface area contributed by atoms with Crippen molar-refractivity contribution in [3.8, 4) is 17.2 Å². The molecule has 1 atom stereocenters. The number of carbonyl (C=O) groups excluding carboxylic acids is 1. The van der Waals surface area contributed by atoms with Gasteiger partial charge in [-0.2, -0.15) is 0 Å². The van der Waals surface area contributed by atoms with Crippen molar-refractivity contribution in [2.75, 3.05) is 13.7 Å². The van der Waals surface area contributed by atoms with Gasteiger partial charge in [0.2, 0.25) is 0 Å². The summed E-state index contributed by atoms with van der Waals surface area (Å²) >= 11 is 0. The van der Waals surface area contributed by atoms with E-state index in [-0.39, 0.29) is 24.2 Å². The zero-order valence-corrected chi connectivity index (χ0v) is 15.7. The summed E-state index contributed by atoms with van der Waals surface area (Å²) in [6.07, 6.45) is 0.683. The van der Waals surface area contributed by atoms with Crippen molar-refractivity contribution in [3.63, 3.8) is 0 Å². The van der Waals surface area contributed by atoms with Crippen LogP contribution in [0.2, 0.25) is 0 Å². The first-order valence-corrected chi connectivity index (χ1v) is 8.73. The van der Waals surface area contributed by atoms with Crippen LogP contribution in [-0.4, -0.2) is 25.2 Å². The average Bonchev–Trinajstić information content (AvgIpc) is 2.59. The molecule has 0 saturated heterocycles. The highest BCUT2D eigenvalue weighted by Gasteiger charge is 2.34. The van der Waals surface area contributed by atoms with Crippen LogP contribution in [0.15, 0.2) is 42.5 Å². The first-order valence-electron chi connectivity index (χ1n) is 8.73. The van der Waals surface area contributed by atoms with E-state index in [0.717, 1.165) is 28.4 Å². The number of amides is 1. The fraction of sp³-hybridized carbons (Fsp3) is 0.381. The van der Waals surface area contributed by atoms with E-state index < -0.39 is 0 Å². The summed E-state index contributed by atoms with van der Waals surface area (Å²) < 4.78 is 17.0. The van der Waals surface area contributed by atoms with Gasteiger partial charge in [0, 0.05) is 18.1 Å². The Bertz CT molecular complexity index is 800. The van der Waals surface area contributed by atoms with Crippen LogP contribution < -0.4 is 19.5 Å². The largest absolute Gasteiger partial charge is 0.497 e. The lowest BCUT2D eigenvalue weighted by atomic mass is 9.89. The Morgan fingerprint density at radius 2 is 2.04 bits per heavy atom. The molecule has 2 aromatic carbocycles. The Kier molecular flexibility index (Phi) is 5.07. The van der Waals surface area contributed by atoms with Gasteiger partial charge < -0.3 is 19.5 Å². The lowest BCUT2D eigenvalue weighted by Crippen LogP contribution is -2.42. The number of carbonyl (C=O) groups is 1. The highest BCUT2D eigenvalue weighted by molar-refractivity contribution is 5.78. The SMILES string of the molecule is COc1ccc2c(c1)OC(C)(C)C[C@H]2NC(=O)COc1ccccc1C. The molecular weight excluding hydrogens is 330 g/mol. The molecule has 0 fully saturated rings. The number of hydrogen-bond acceptors (Lipinski definition) is 4. The van der Waals surface area contributed by atoms with E-state index in [1.54, 1.807) is 7.11 Å². The second-order valence-corrected chi connectivity index (χ2v) is 7.14. The van der Waals surface area contributed by atoms with E-state index in [1.165, 1.54) is 0 Å². The molecule has 0 aliphatic carbocycles. The van der Waals surface area contributed by atoms with Crippen molar-refractivity contribution in [2.24, 2.45) is 0 Å². The van der Waals surface area contributed by atoms with Gasteiger partial charge in [0.05, 0.1) is 13.2 Å². The van der Waals surface area contributed by atoms with Gasteiger partial charge in [-0.1, -0.05) is 18.2 Å². The Balaban J connectivity index is 1.71. The summed E-state index contributed by atoms with van der Waals surface area (Å²) in [6, 6.07) is 13.2. The fourth-order valence-corrected chi connectivity index (χ4v) is 3.19. The van der Waals surface area contributed by atoms with Gasteiger partial charge in [-0.25, -0.2) is 0 Å². The molecule has 1 heterocycles. The predicted molar refractivity (Wildman–Crippen MR) is 99.9 cm³/mol. The van der Waals surface area contributed by atoms with Gasteiger partial charge in [0.1, 0.15) is 22.8 Å². The first kappa shape index (κ1) is 18.1. The molecule has 0 spiro atoms. The van der Waals surface area contributed by atoms with Crippen molar-refractivity contribution in [2.45, 2.75) is 38.8 Å². The molecule has 5 heteroatoms. The third-order valence-electron chi connectivity index (χ3n) is 4.47. The molecule has 1 aliphatic rings. The third-order valence-corrected chi connectivity index (χ3v) is 4.47. The minimum atomic E-state index is -0.381. The molecule has 138 valence electrons. The van der Waals surface area contributed by atoms with Crippen molar-refractivity contribution in [1.29, 1.82) is 0 Å². The minimum Gasteiger partial charge on any atom is -0.497 e. The number of methoxy groups -OCH3 is 1. The Morgan fingerprint density at radius 3 is 2.77 bits per heavy atom. The minimum absolute atomic E-state index is 0.0197. The number of nitrogens with one attached hydrogen (secondary N) is 1. The topological polar surface area (TPSA) is 56.8 Å². The summed E-state index contributed by atoms with van der Waals surface area (Å²) in [4.78, 5) is 12.4. The second-order valence-electron chi connectivity index (χ2n) is 7.14. The number of aryl methyl sites for hydroxylation is 1. The van der Waals surface area contributed by atoms with Crippen LogP contribution in [-0.2, 0) is 4.79 Å². The smallest absolute Gasteiger partial charge is 0.258 e. The lowest BCUT2D eigenvalue weighted by molar-refractivity contribution is -0.124. The number of para-hydroxylation sites is 1. The number of fused-ring (bicyclic) bond motifs is 1. The van der Waals surface area contributed by atoms with Crippen molar-refractivity contribution >= 4 is 5.91 Å². The Morgan fingerprint density at radius 1 is 1.27 bits per heavy atom. The first-order chi connectivity index (χ1) is 12.4. The number of benzene rings is 2. The second kappa shape index (κ2) is 7.28. The Hall–Kier alpha value is -2.69. The zero-order valence-electron chi connectivity index (χ0n) is 15.7. The average molecular weight is 355 g/mol. The maximum Gasteiger partial charge on any atom is 0.258 e. The highest BCUT2D eigenvalue weighted by atomic mass is 16.5. The van der Waals surface area contributed by atoms with Crippen LogP contribution in [0.3, 0.4) is 0 Å². The third kappa shape index (κ3) is 4.10. The lowest BCUT2D eigenvalue weighted by Gasteiger charge is -2.38. The molecule has 1 N–H and O–H groups in total. The van der Waals surface area contributed by atoms with Crippen LogP contribution in [0.5, 0.6) is 17.2 Å². The van der Waals surface area contributed by atoms with Crippen molar-refractivity contribution in [3.05, 3.63) is 53.6 Å². The molecule has 0 saturated carbocycles. The molecular formula is C21H25NO4. The van der Waals surface area contributed by atoms with E-state index in [9.17, 15) is 4.79 Å². The molecule has 5 nitrogen and oxygen atoms in total. The number of rotatable bonds is 5. The predicted octanol–water partition coefficient (Wildman–Crippen LogP) is 3.80. The molecule has 0 radical (unpaired) electrons. The maximum atomic E-state index is 12.4. The maximum absolute atomic E-state index is 12.4. The monoisotopic (exact) mass is 355 g/mol. The molecule has 2 aromatic rings. The molecule has 1 amide bonds. The van der Waals surface area contributed by atoms with Gasteiger partial charge in [-0.3, -0.25) is 4.79 Å². The van der Waals surface area contributed by atoms with E-state index in [2.05, 4.69) is 5.32 Å². The van der Waals surface area contributed by atoms with Gasteiger partial charge in [-0.05, 0) is 44.5 Å². The highest BCUT2D eigenvalue weighted by Crippen LogP contribution is 2.41. The van der Waals surface area contributed by atoms with Gasteiger partial charge >= 0.3 is 0 Å². The quantitative estimate of drug-likeness (QED) is 0.886. The van der Waals surface area contributed by atoms with E-state index in [1.807, 2.05) is 63.2 Å². The van der Waals surface area contributed by atoms with Crippen LogP contribution in [0.1, 0.15) is 37.4 Å². The van der Waals surface area contributed by atoms with Crippen molar-refractivity contribution in [1.82, 2.24) is 5.32 Å². The molecule has 0 unspecified atom stereocenters. The fourth-order valence-electron chi connectivity index (χ4n) is 3.19. The van der Waals surface area contributed by atoms with Crippen LogP contribution in [0.25, 0.3) is 0 Å². The van der Waals surface area contributed by atoms with Crippen molar-refractivity contribution < 1.29 is 19.0 Å². The number of ether oxygens (including phenoxy) is 3. The molecule has 0 aromatic heterocycles. The van der Waals surface area contributed by atoms with Gasteiger partial charge in [0.25, 0.3) is 5.91 Å². The Labute approximate surface area is 154 Å². The van der Waals surface area contributed by atoms with Crippen LogP contribution in [0.4, 0.5) is 0 Å². The van der Waals surface area contributed by atoms with Gasteiger partial charge in [-0.15, -0.1) is 0 Å². The normalized spacial score (nSPS) is 17.6. The summed E-state index contributed by atoms with van der Waals surface area (Å²) in [5.41, 5.74) is 1.58. The molecule has 3 rings (SSSR count). The molecule has 26 heavy (non-hydrogen) atoms. The number of hydrogen-bond donors (Lipinski definition) is 1. The molecule has 0 bridgehead atoms. The standard InChI is InChI=1S/C21H25NO4/c1-14-7-5-6-8-18(14)25-13-20(23)22-17-12-21(2,3)26-19-11-15(24-4)9-10-16(17)19/h5-11,17H,12-13H2,1-4H3,(H,22,23)/t17-/m1/s1. The van der Waals surface area contributed by atoms with Gasteiger partial charge in [0.15, 0.2) is 6.61 Å². The van der Waals surface area contributed by atoms with E-state index in [4.69, 9.17) is 14.2 Å². The van der Waals surface area contributed by atoms with E-state index in [0.29, 0.717) is 6.42 Å². The summed E-state index contributed by atoms with van der Waals surface area (Å²) in [6.45, 7) is 5.96.